The quantitative estimate of drug-likeness (QED) is 0.531. The number of ether oxygens (including phenoxy) is 3. The minimum Gasteiger partial charge on any atom is -0.454 e. The highest BCUT2D eigenvalue weighted by Gasteiger charge is 2.26. The Morgan fingerprint density at radius 3 is 2.85 bits per heavy atom. The van der Waals surface area contributed by atoms with Gasteiger partial charge in [0.05, 0.1) is 18.2 Å². The molecule has 2 aromatic carbocycles. The molecule has 0 saturated carbocycles. The van der Waals surface area contributed by atoms with E-state index in [1.54, 1.807) is 11.8 Å². The Morgan fingerprint density at radius 2 is 1.97 bits per heavy atom. The number of hydrogen-bond acceptors (Lipinski definition) is 6. The van der Waals surface area contributed by atoms with Crippen molar-refractivity contribution in [1.82, 2.24) is 9.88 Å². The van der Waals surface area contributed by atoms with Crippen molar-refractivity contribution >= 4 is 27.8 Å². The fourth-order valence-corrected chi connectivity index (χ4v) is 5.54. The summed E-state index contributed by atoms with van der Waals surface area (Å²) in [6.07, 6.45) is 2.43. The highest BCUT2D eigenvalue weighted by atomic mass is 32.2. The molecule has 1 unspecified atom stereocenters. The first-order valence-electron chi connectivity index (χ1n) is 11.5. The van der Waals surface area contributed by atoms with Gasteiger partial charge in [0.1, 0.15) is 5.03 Å². The third-order valence-electron chi connectivity index (χ3n) is 6.55. The summed E-state index contributed by atoms with van der Waals surface area (Å²) in [6.45, 7) is 7.65. The molecule has 6 rings (SSSR count). The number of fused-ring (bicyclic) bond motifs is 3. The van der Waals surface area contributed by atoms with E-state index in [9.17, 15) is 0 Å². The van der Waals surface area contributed by atoms with Gasteiger partial charge in [0.25, 0.3) is 0 Å². The predicted octanol–water partition coefficient (Wildman–Crippen LogP) is 5.22. The van der Waals surface area contributed by atoms with Crippen molar-refractivity contribution < 1.29 is 14.2 Å². The van der Waals surface area contributed by atoms with E-state index in [2.05, 4.69) is 49.1 Å². The van der Waals surface area contributed by atoms with Crippen molar-refractivity contribution in [1.29, 1.82) is 0 Å². The molecule has 4 heterocycles. The van der Waals surface area contributed by atoms with E-state index >= 15 is 0 Å². The smallest absolute Gasteiger partial charge is 0.231 e. The average molecular weight is 462 g/mol. The molecule has 1 atom stereocenters. The second-order valence-electron chi connectivity index (χ2n) is 8.99. The number of aromatic nitrogens is 1. The summed E-state index contributed by atoms with van der Waals surface area (Å²) in [6, 6.07) is 12.9. The number of rotatable bonds is 4. The van der Waals surface area contributed by atoms with Crippen LogP contribution in [0.15, 0.2) is 46.4 Å². The van der Waals surface area contributed by atoms with Gasteiger partial charge in [0, 0.05) is 30.6 Å². The first-order valence-corrected chi connectivity index (χ1v) is 12.3. The number of aliphatic imine (C=N–C) groups is 1. The lowest BCUT2D eigenvalue weighted by molar-refractivity contribution is 0.117. The Balaban J connectivity index is 1.34. The molecule has 7 heteroatoms. The first kappa shape index (κ1) is 20.8. The maximum Gasteiger partial charge on any atom is 0.231 e. The van der Waals surface area contributed by atoms with Gasteiger partial charge >= 0.3 is 0 Å². The largest absolute Gasteiger partial charge is 0.454 e. The Morgan fingerprint density at radius 1 is 1.09 bits per heavy atom. The van der Waals surface area contributed by atoms with Crippen LogP contribution in [0, 0.1) is 13.8 Å². The van der Waals surface area contributed by atoms with Gasteiger partial charge in [-0.3, -0.25) is 4.99 Å². The summed E-state index contributed by atoms with van der Waals surface area (Å²) in [7, 11) is 0. The van der Waals surface area contributed by atoms with Gasteiger partial charge in [-0.25, -0.2) is 4.98 Å². The number of pyridine rings is 1. The van der Waals surface area contributed by atoms with Crippen LogP contribution in [-0.4, -0.2) is 41.1 Å². The Hall–Kier alpha value is -2.77. The Labute approximate surface area is 198 Å². The number of thioether (sulfide) groups is 1. The van der Waals surface area contributed by atoms with Crippen LogP contribution in [0.3, 0.4) is 0 Å². The van der Waals surface area contributed by atoms with Gasteiger partial charge in [0.15, 0.2) is 16.7 Å². The summed E-state index contributed by atoms with van der Waals surface area (Å²) in [5.74, 6) is 1.62. The predicted molar refractivity (Wildman–Crippen MR) is 130 cm³/mol. The summed E-state index contributed by atoms with van der Waals surface area (Å²) >= 11 is 1.67. The zero-order valence-electron chi connectivity index (χ0n) is 19.0. The number of benzene rings is 2. The van der Waals surface area contributed by atoms with E-state index < -0.39 is 0 Å². The van der Waals surface area contributed by atoms with E-state index in [0.29, 0.717) is 6.54 Å². The second-order valence-corrected chi connectivity index (χ2v) is 9.94. The molecule has 170 valence electrons. The van der Waals surface area contributed by atoms with E-state index in [1.807, 2.05) is 6.07 Å². The molecule has 6 nitrogen and oxygen atoms in total. The monoisotopic (exact) mass is 461 g/mol. The van der Waals surface area contributed by atoms with Crippen molar-refractivity contribution in [3.05, 3.63) is 58.7 Å². The SMILES string of the molecule is Cc1cc2cc3c(nc2cc1C)SC(=NCC1CCCO1)N(Cc1ccc2c(c1)OCO2)C3. The molecule has 3 aliphatic rings. The van der Waals surface area contributed by atoms with Crippen molar-refractivity contribution in [3.63, 3.8) is 0 Å². The van der Waals surface area contributed by atoms with Gasteiger partial charge in [-0.2, -0.15) is 0 Å². The molecule has 0 radical (unpaired) electrons. The third kappa shape index (κ3) is 4.15. The summed E-state index contributed by atoms with van der Waals surface area (Å²) in [5.41, 5.74) is 6.03. The van der Waals surface area contributed by atoms with Crippen LogP contribution >= 0.6 is 11.8 Å². The van der Waals surface area contributed by atoms with Gasteiger partial charge in [-0.05, 0) is 85.5 Å². The molecular formula is C26H27N3O3S. The molecule has 0 spiro atoms. The molecule has 0 N–H and O–H groups in total. The van der Waals surface area contributed by atoms with Gasteiger partial charge in [-0.1, -0.05) is 6.07 Å². The summed E-state index contributed by atoms with van der Waals surface area (Å²) in [5, 5.41) is 3.25. The lowest BCUT2D eigenvalue weighted by Crippen LogP contribution is -2.32. The fraction of sp³-hybridized carbons (Fsp3) is 0.385. The fourth-order valence-electron chi connectivity index (χ4n) is 4.58. The zero-order chi connectivity index (χ0) is 22.4. The van der Waals surface area contributed by atoms with Crippen LogP contribution in [-0.2, 0) is 17.8 Å². The van der Waals surface area contributed by atoms with Crippen LogP contribution in [0.1, 0.15) is 35.1 Å². The van der Waals surface area contributed by atoms with Crippen molar-refractivity contribution in [2.24, 2.45) is 4.99 Å². The van der Waals surface area contributed by atoms with E-state index in [1.165, 1.54) is 27.6 Å². The van der Waals surface area contributed by atoms with E-state index in [-0.39, 0.29) is 12.9 Å². The molecule has 3 aliphatic heterocycles. The molecule has 1 fully saturated rings. The van der Waals surface area contributed by atoms with E-state index in [4.69, 9.17) is 24.2 Å². The maximum absolute atomic E-state index is 5.82. The molecule has 1 aromatic heterocycles. The normalized spacial score (nSPS) is 20.6. The topological polar surface area (TPSA) is 56.2 Å². The van der Waals surface area contributed by atoms with E-state index in [0.717, 1.165) is 59.7 Å². The van der Waals surface area contributed by atoms with Crippen molar-refractivity contribution in [3.8, 4) is 11.5 Å². The average Bonchev–Trinajstić information content (AvgIpc) is 3.49. The molecule has 1 saturated heterocycles. The van der Waals surface area contributed by atoms with Crippen LogP contribution < -0.4 is 9.47 Å². The van der Waals surface area contributed by atoms with Gasteiger partial charge in [0.2, 0.25) is 6.79 Å². The minimum absolute atomic E-state index is 0.224. The lowest BCUT2D eigenvalue weighted by atomic mass is 10.0. The zero-order valence-corrected chi connectivity index (χ0v) is 19.8. The maximum atomic E-state index is 5.82. The third-order valence-corrected chi connectivity index (χ3v) is 7.67. The first-order chi connectivity index (χ1) is 16.1. The van der Waals surface area contributed by atoms with Crippen LogP contribution in [0.25, 0.3) is 10.9 Å². The van der Waals surface area contributed by atoms with Crippen LogP contribution in [0.4, 0.5) is 0 Å². The number of hydrogen-bond donors (Lipinski definition) is 0. The summed E-state index contributed by atoms with van der Waals surface area (Å²) < 4.78 is 16.9. The van der Waals surface area contributed by atoms with Crippen molar-refractivity contribution in [2.45, 2.75) is 50.9 Å². The highest BCUT2D eigenvalue weighted by molar-refractivity contribution is 8.13. The second kappa shape index (κ2) is 8.54. The summed E-state index contributed by atoms with van der Waals surface area (Å²) in [4.78, 5) is 12.4. The highest BCUT2D eigenvalue weighted by Crippen LogP contribution is 2.37. The van der Waals surface area contributed by atoms with Crippen LogP contribution in [0.5, 0.6) is 11.5 Å². The number of nitrogens with zero attached hydrogens (tertiary/aromatic N) is 3. The molecule has 3 aromatic rings. The standard InChI is InChI=1S/C26H27N3O3S/c1-16-8-19-11-20-14-29(13-18-5-6-23-24(10-18)32-15-31-23)26(27-12-21-4-3-7-30-21)33-25(20)28-22(19)9-17(16)2/h5-6,8-11,21H,3-4,7,12-15H2,1-2H3. The molecule has 0 bridgehead atoms. The Kier molecular flexibility index (Phi) is 5.38. The molecular weight excluding hydrogens is 434 g/mol. The Bertz CT molecular complexity index is 1250. The molecule has 0 aliphatic carbocycles. The molecule has 33 heavy (non-hydrogen) atoms. The van der Waals surface area contributed by atoms with Gasteiger partial charge < -0.3 is 19.1 Å². The minimum atomic E-state index is 0.224. The molecule has 0 amide bonds. The lowest BCUT2D eigenvalue weighted by Gasteiger charge is -2.31. The van der Waals surface area contributed by atoms with Crippen LogP contribution in [0.2, 0.25) is 0 Å². The number of amidine groups is 1. The van der Waals surface area contributed by atoms with Gasteiger partial charge in [-0.15, -0.1) is 0 Å². The van der Waals surface area contributed by atoms with Crippen molar-refractivity contribution in [2.75, 3.05) is 19.9 Å². The number of aryl methyl sites for hydroxylation is 2.